The Morgan fingerprint density at radius 2 is 1.11 bits per heavy atom. The highest BCUT2D eigenvalue weighted by Crippen LogP contribution is 2.43. The van der Waals surface area contributed by atoms with E-state index in [0.717, 1.165) is 35.9 Å². The Bertz CT molecular complexity index is 4370. The monoisotopic (exact) mass is 760 g/mol. The largest absolute Gasteiger partial charge is 0.309 e. The molecule has 0 saturated carbocycles. The molecule has 6 heteroatoms. The summed E-state index contributed by atoms with van der Waals surface area (Å²) in [6.07, 6.45) is 0. The van der Waals surface area contributed by atoms with Crippen LogP contribution < -0.4 is 0 Å². The lowest BCUT2D eigenvalue weighted by Gasteiger charge is -2.12. The Labute approximate surface area is 352 Å². The average Bonchev–Trinajstić information content (AvgIpc) is 4.08. The van der Waals surface area contributed by atoms with Crippen LogP contribution in [0.2, 0.25) is 0 Å². The van der Waals surface area contributed by atoms with Gasteiger partial charge in [0.2, 0.25) is 5.95 Å². The molecular weight excluding hydrogens is 715 g/mol. The first kappa shape index (κ1) is 20.5. The van der Waals surface area contributed by atoms with Crippen molar-refractivity contribution in [3.05, 3.63) is 188 Å². The van der Waals surface area contributed by atoms with Crippen molar-refractivity contribution in [1.29, 1.82) is 0 Å². The highest BCUT2D eigenvalue weighted by atomic mass is 32.1. The maximum Gasteiger partial charge on any atom is 0.238 e. The van der Waals surface area contributed by atoms with Crippen molar-refractivity contribution in [2.75, 3.05) is 0 Å². The first-order valence-electron chi connectivity index (χ1n) is 25.4. The number of thiophene rings is 1. The van der Waals surface area contributed by atoms with Gasteiger partial charge in [-0.2, -0.15) is 9.97 Å². The van der Waals surface area contributed by atoms with Crippen LogP contribution in [0.1, 0.15) is 20.6 Å². The normalized spacial score (nSPS) is 15.5. The molecule has 0 bridgehead atoms. The van der Waals surface area contributed by atoms with Gasteiger partial charge in [-0.25, -0.2) is 4.98 Å². The zero-order valence-corrected chi connectivity index (χ0v) is 30.2. The second-order valence-electron chi connectivity index (χ2n) is 13.3. The first-order valence-corrected chi connectivity index (χ1v) is 18.7. The molecule has 0 aliphatic carbocycles. The second kappa shape index (κ2) is 12.6. The van der Waals surface area contributed by atoms with Gasteiger partial charge >= 0.3 is 0 Å². The first-order chi connectivity index (χ1) is 34.5. The third-order valence-corrected chi connectivity index (χ3v) is 11.4. The van der Waals surface area contributed by atoms with E-state index in [9.17, 15) is 11.0 Å². The van der Waals surface area contributed by atoms with E-state index in [1.807, 2.05) is 97.1 Å². The quantitative estimate of drug-likeness (QED) is 0.175. The lowest BCUT2D eigenvalue weighted by molar-refractivity contribution is 0.954. The van der Waals surface area contributed by atoms with Crippen LogP contribution in [0.15, 0.2) is 188 Å². The highest BCUT2D eigenvalue weighted by molar-refractivity contribution is 7.26. The van der Waals surface area contributed by atoms with Gasteiger partial charge in [-0.05, 0) is 53.5 Å². The van der Waals surface area contributed by atoms with Gasteiger partial charge in [-0.15, -0.1) is 11.3 Å². The van der Waals surface area contributed by atoms with Gasteiger partial charge < -0.3 is 4.57 Å². The minimum atomic E-state index is -0.777. The number of fused-ring (bicyclic) bond motifs is 10. The number of hydrogen-bond donors (Lipinski definition) is 0. The van der Waals surface area contributed by atoms with Crippen molar-refractivity contribution in [2.24, 2.45) is 0 Å². The number of rotatable bonds is 5. The zero-order chi connectivity index (χ0) is 50.5. The molecule has 0 saturated heterocycles. The predicted octanol–water partition coefficient (Wildman–Crippen LogP) is 13.4. The molecule has 12 aromatic rings. The van der Waals surface area contributed by atoms with E-state index in [1.165, 1.54) is 15.9 Å². The van der Waals surface area contributed by atoms with E-state index in [4.69, 9.17) is 24.5 Å². The second-order valence-corrected chi connectivity index (χ2v) is 14.3. The van der Waals surface area contributed by atoms with Gasteiger partial charge in [-0.3, -0.25) is 4.57 Å². The van der Waals surface area contributed by atoms with E-state index >= 15 is 0 Å². The Kier molecular flexibility index (Phi) is 4.52. The van der Waals surface area contributed by atoms with Crippen LogP contribution in [0.25, 0.3) is 109 Å². The molecule has 4 heterocycles. The Morgan fingerprint density at radius 1 is 0.439 bits per heavy atom. The van der Waals surface area contributed by atoms with Crippen LogP contribution in [0.4, 0.5) is 0 Å². The molecule has 0 unspecified atom stereocenters. The van der Waals surface area contributed by atoms with E-state index in [0.29, 0.717) is 11.1 Å². The van der Waals surface area contributed by atoms with E-state index in [-0.39, 0.29) is 55.7 Å². The Balaban J connectivity index is 1.30. The van der Waals surface area contributed by atoms with Crippen molar-refractivity contribution >= 4 is 75.1 Å². The minimum absolute atomic E-state index is 0.138. The molecule has 0 aliphatic heterocycles. The molecule has 0 radical (unpaired) electrons. The number of hydrogen-bond acceptors (Lipinski definition) is 4. The number of nitrogens with zero attached hydrogens (tertiary/aromatic N) is 5. The fourth-order valence-corrected chi connectivity index (χ4v) is 8.89. The molecular formula is C51H31N5S. The van der Waals surface area contributed by atoms with Crippen LogP contribution in [0.5, 0.6) is 0 Å². The standard InChI is InChI=1S/C51H31N5S/c1-3-14-32(15-4-1)33-26-28-34(29-27-33)49-52-50(41-22-13-21-39-37-19-9-12-25-45(37)57-48(39)41)54-51(53-49)56-43-24-11-8-20-40(43)46-44(56)31-30-38-36-18-7-10-23-42(36)55(47(38)46)35-16-5-2-6-17-35/h1-31H/i2D,5D,6D,7D,8D,10D,11D,16D,17D,18D,20D,23D,24D,30D,31D. The molecule has 8 aromatic carbocycles. The third-order valence-electron chi connectivity index (χ3n) is 10.2. The Morgan fingerprint density at radius 3 is 1.95 bits per heavy atom. The summed E-state index contributed by atoms with van der Waals surface area (Å²) >= 11 is 1.53. The van der Waals surface area contributed by atoms with Crippen molar-refractivity contribution < 1.29 is 20.6 Å². The molecule has 0 N–H and O–H groups in total. The fourth-order valence-electron chi connectivity index (χ4n) is 7.68. The van der Waals surface area contributed by atoms with Crippen molar-refractivity contribution in [2.45, 2.75) is 0 Å². The van der Waals surface area contributed by atoms with Gasteiger partial charge in [0.05, 0.1) is 42.6 Å². The molecule has 0 aliphatic rings. The third kappa shape index (κ3) is 4.91. The summed E-state index contributed by atoms with van der Waals surface area (Å²) in [5.41, 5.74) is 1.26. The van der Waals surface area contributed by atoms with Gasteiger partial charge in [-0.1, -0.05) is 145 Å². The SMILES string of the molecule is [2H]c1c([2H])c([2H])c(-n2c3c([2H])c([2H])c([2H])c([2H])c3c3c([2H])c([2H])c4c(c5c([2H])c([2H])c([2H])c([2H])c5n4-c4nc(-c5ccc(-c6ccccc6)cc5)nc(-c5cccc6c5sc5ccccc56)n4)c32)c([2H])c1[2H]. The van der Waals surface area contributed by atoms with Crippen molar-refractivity contribution in [1.82, 2.24) is 24.1 Å². The zero-order valence-electron chi connectivity index (χ0n) is 44.4. The van der Waals surface area contributed by atoms with Gasteiger partial charge in [0.25, 0.3) is 0 Å². The molecule has 0 fully saturated rings. The maximum absolute atomic E-state index is 9.89. The molecule has 0 amide bonds. The van der Waals surface area contributed by atoms with Gasteiger partial charge in [0.15, 0.2) is 11.6 Å². The van der Waals surface area contributed by atoms with E-state index in [1.54, 1.807) is 0 Å². The van der Waals surface area contributed by atoms with E-state index in [2.05, 4.69) is 0 Å². The smallest absolute Gasteiger partial charge is 0.238 e. The lowest BCUT2D eigenvalue weighted by Crippen LogP contribution is -2.06. The summed E-state index contributed by atoms with van der Waals surface area (Å²) in [5, 5.41) is 0.883. The molecule has 0 atom stereocenters. The van der Waals surface area contributed by atoms with Crippen LogP contribution in [-0.2, 0) is 0 Å². The number of para-hydroxylation sites is 3. The highest BCUT2D eigenvalue weighted by Gasteiger charge is 2.23. The Hall–Kier alpha value is -7.41. The predicted molar refractivity (Wildman–Crippen MR) is 238 cm³/mol. The summed E-state index contributed by atoms with van der Waals surface area (Å²) in [6.45, 7) is 0. The van der Waals surface area contributed by atoms with Gasteiger partial charge in [0, 0.05) is 58.5 Å². The maximum atomic E-state index is 9.89. The van der Waals surface area contributed by atoms with Crippen LogP contribution in [0, 0.1) is 0 Å². The number of benzene rings is 8. The molecule has 0 spiro atoms. The number of aromatic nitrogens is 5. The average molecular weight is 761 g/mol. The van der Waals surface area contributed by atoms with Crippen LogP contribution in [-0.4, -0.2) is 24.1 Å². The molecule has 266 valence electrons. The summed E-state index contributed by atoms with van der Waals surface area (Å²) in [7, 11) is 0. The summed E-state index contributed by atoms with van der Waals surface area (Å²) in [6, 6.07) is 20.4. The fraction of sp³-hybridized carbons (Fsp3) is 0. The molecule has 57 heavy (non-hydrogen) atoms. The molecule has 12 rings (SSSR count). The minimum Gasteiger partial charge on any atom is -0.309 e. The van der Waals surface area contributed by atoms with Crippen molar-refractivity contribution in [3.63, 3.8) is 0 Å². The summed E-state index contributed by atoms with van der Waals surface area (Å²) in [4.78, 5) is 15.1. The lowest BCUT2D eigenvalue weighted by atomic mass is 10.0. The van der Waals surface area contributed by atoms with Gasteiger partial charge in [0.1, 0.15) is 0 Å². The van der Waals surface area contributed by atoms with Crippen LogP contribution >= 0.6 is 11.3 Å². The van der Waals surface area contributed by atoms with E-state index < -0.39 is 102 Å². The van der Waals surface area contributed by atoms with Crippen LogP contribution in [0.3, 0.4) is 0 Å². The summed E-state index contributed by atoms with van der Waals surface area (Å²) in [5.74, 6) is 0.0668. The molecule has 5 nitrogen and oxygen atoms in total. The topological polar surface area (TPSA) is 48.5 Å². The summed E-state index contributed by atoms with van der Waals surface area (Å²) < 4.78 is 141. The molecule has 4 aromatic heterocycles. The van der Waals surface area contributed by atoms with Crippen molar-refractivity contribution in [3.8, 4) is 45.5 Å².